The van der Waals surface area contributed by atoms with Crippen LogP contribution in [0.4, 0.5) is 0 Å². The van der Waals surface area contributed by atoms with Crippen LogP contribution in [0.1, 0.15) is 42.5 Å². The van der Waals surface area contributed by atoms with Gasteiger partial charge in [0.15, 0.2) is 0 Å². The molecule has 7 heteroatoms. The zero-order chi connectivity index (χ0) is 20.2. The molecule has 0 radical (unpaired) electrons. The summed E-state index contributed by atoms with van der Waals surface area (Å²) in [6.45, 7) is 3.26. The van der Waals surface area contributed by atoms with Crippen molar-refractivity contribution in [1.82, 2.24) is 20.1 Å². The maximum absolute atomic E-state index is 12.6. The molecule has 7 nitrogen and oxygen atoms in total. The zero-order valence-electron chi connectivity index (χ0n) is 16.7. The molecule has 2 N–H and O–H groups in total. The minimum absolute atomic E-state index is 0.0276. The van der Waals surface area contributed by atoms with E-state index in [0.717, 1.165) is 19.5 Å². The fraction of sp³-hybridized carbons (Fsp3) is 0.500. The number of carbonyl (C=O) groups excluding carboxylic acids is 2. The Labute approximate surface area is 170 Å². The monoisotopic (exact) mass is 396 g/mol. The third-order valence-electron chi connectivity index (χ3n) is 6.16. The fourth-order valence-electron chi connectivity index (χ4n) is 4.52. The standard InChI is InChI=1S/C22H28N4O3/c27-20(26-11-5-10-25(12-13-26)16-6-1-2-7-16)15-24-22(29)18-14-23-19-9-4-3-8-17(19)21(18)28/h3-4,8-9,14,16H,1-2,5-7,10-13,15H2,(H,23,28)(H,24,29). The van der Waals surface area contributed by atoms with Gasteiger partial charge in [-0.2, -0.15) is 0 Å². The predicted octanol–water partition coefficient (Wildman–Crippen LogP) is 1.73. The largest absolute Gasteiger partial charge is 0.360 e. The van der Waals surface area contributed by atoms with Gasteiger partial charge in [-0.05, 0) is 31.4 Å². The summed E-state index contributed by atoms with van der Waals surface area (Å²) in [5, 5.41) is 3.09. The second-order valence-electron chi connectivity index (χ2n) is 7.97. The van der Waals surface area contributed by atoms with Crippen LogP contribution in [0.3, 0.4) is 0 Å². The van der Waals surface area contributed by atoms with E-state index in [0.29, 0.717) is 30.0 Å². The van der Waals surface area contributed by atoms with E-state index in [2.05, 4.69) is 15.2 Å². The predicted molar refractivity (Wildman–Crippen MR) is 112 cm³/mol. The Hall–Kier alpha value is -2.67. The van der Waals surface area contributed by atoms with E-state index >= 15 is 0 Å². The van der Waals surface area contributed by atoms with Gasteiger partial charge in [-0.1, -0.05) is 25.0 Å². The van der Waals surface area contributed by atoms with Crippen molar-refractivity contribution in [2.45, 2.75) is 38.1 Å². The average molecular weight is 396 g/mol. The lowest BCUT2D eigenvalue weighted by molar-refractivity contribution is -0.130. The highest BCUT2D eigenvalue weighted by Gasteiger charge is 2.26. The summed E-state index contributed by atoms with van der Waals surface area (Å²) in [7, 11) is 0. The maximum Gasteiger partial charge on any atom is 0.257 e. The van der Waals surface area contributed by atoms with Crippen molar-refractivity contribution in [2.24, 2.45) is 0 Å². The normalized spacial score (nSPS) is 18.7. The number of benzene rings is 1. The molecule has 0 bridgehead atoms. The average Bonchev–Trinajstić information content (AvgIpc) is 3.17. The van der Waals surface area contributed by atoms with E-state index in [-0.39, 0.29) is 23.4 Å². The molecular weight excluding hydrogens is 368 g/mol. The Bertz CT molecular complexity index is 948. The van der Waals surface area contributed by atoms with Crippen molar-refractivity contribution >= 4 is 22.7 Å². The van der Waals surface area contributed by atoms with Gasteiger partial charge < -0.3 is 15.2 Å². The van der Waals surface area contributed by atoms with Crippen LogP contribution in [0.15, 0.2) is 35.3 Å². The minimum Gasteiger partial charge on any atom is -0.360 e. The number of amides is 2. The Morgan fingerprint density at radius 2 is 1.83 bits per heavy atom. The number of rotatable bonds is 4. The highest BCUT2D eigenvalue weighted by molar-refractivity contribution is 5.98. The Morgan fingerprint density at radius 3 is 2.66 bits per heavy atom. The summed E-state index contributed by atoms with van der Waals surface area (Å²) in [4.78, 5) is 45.0. The molecule has 1 saturated heterocycles. The molecule has 0 atom stereocenters. The number of pyridine rings is 1. The maximum atomic E-state index is 12.6. The Morgan fingerprint density at radius 1 is 1.03 bits per heavy atom. The molecule has 29 heavy (non-hydrogen) atoms. The third kappa shape index (κ3) is 4.34. The number of nitrogens with one attached hydrogen (secondary N) is 2. The number of H-pyrrole nitrogens is 1. The van der Waals surface area contributed by atoms with Gasteiger partial charge in [-0.3, -0.25) is 19.3 Å². The SMILES string of the molecule is O=C(NCC(=O)N1CCCN(C2CCCC2)CC1)c1c[nH]c2ccccc2c1=O. The van der Waals surface area contributed by atoms with Crippen LogP contribution in [-0.4, -0.2) is 65.4 Å². The third-order valence-corrected chi connectivity index (χ3v) is 6.16. The molecule has 2 aromatic rings. The molecule has 1 aliphatic heterocycles. The topological polar surface area (TPSA) is 85.5 Å². The molecule has 0 spiro atoms. The number of aromatic nitrogens is 1. The zero-order valence-corrected chi connectivity index (χ0v) is 16.7. The Kier molecular flexibility index (Phi) is 5.94. The van der Waals surface area contributed by atoms with E-state index in [1.54, 1.807) is 18.2 Å². The molecule has 154 valence electrons. The first-order chi connectivity index (χ1) is 14.1. The van der Waals surface area contributed by atoms with E-state index < -0.39 is 5.91 Å². The summed E-state index contributed by atoms with van der Waals surface area (Å²) >= 11 is 0. The molecular formula is C22H28N4O3. The van der Waals surface area contributed by atoms with E-state index in [9.17, 15) is 14.4 Å². The minimum atomic E-state index is -0.521. The van der Waals surface area contributed by atoms with Gasteiger partial charge in [0.1, 0.15) is 5.56 Å². The van der Waals surface area contributed by atoms with Gasteiger partial charge >= 0.3 is 0 Å². The van der Waals surface area contributed by atoms with E-state index in [4.69, 9.17) is 0 Å². The molecule has 1 aromatic carbocycles. The van der Waals surface area contributed by atoms with Gasteiger partial charge in [0.2, 0.25) is 11.3 Å². The van der Waals surface area contributed by atoms with E-state index in [1.807, 2.05) is 11.0 Å². The number of para-hydroxylation sites is 1. The smallest absolute Gasteiger partial charge is 0.257 e. The summed E-state index contributed by atoms with van der Waals surface area (Å²) in [5.74, 6) is -0.614. The van der Waals surface area contributed by atoms with Crippen LogP contribution in [-0.2, 0) is 4.79 Å². The summed E-state index contributed by atoms with van der Waals surface area (Å²) in [6, 6.07) is 7.73. The second-order valence-corrected chi connectivity index (χ2v) is 7.97. The lowest BCUT2D eigenvalue weighted by Crippen LogP contribution is -2.43. The van der Waals surface area contributed by atoms with Crippen LogP contribution < -0.4 is 10.7 Å². The van der Waals surface area contributed by atoms with E-state index in [1.165, 1.54) is 31.9 Å². The van der Waals surface area contributed by atoms with Crippen LogP contribution in [0.2, 0.25) is 0 Å². The van der Waals surface area contributed by atoms with Crippen molar-refractivity contribution in [2.75, 3.05) is 32.7 Å². The lowest BCUT2D eigenvalue weighted by Gasteiger charge is -2.27. The first kappa shape index (κ1) is 19.6. The number of carbonyl (C=O) groups is 2. The van der Waals surface area contributed by atoms with Crippen molar-refractivity contribution in [1.29, 1.82) is 0 Å². The van der Waals surface area contributed by atoms with Gasteiger partial charge in [0.25, 0.3) is 5.91 Å². The molecule has 2 fully saturated rings. The molecule has 2 aliphatic rings. The first-order valence-corrected chi connectivity index (χ1v) is 10.5. The Balaban J connectivity index is 1.34. The number of nitrogens with zero attached hydrogens (tertiary/aromatic N) is 2. The molecule has 1 aromatic heterocycles. The highest BCUT2D eigenvalue weighted by Crippen LogP contribution is 2.24. The number of fused-ring (bicyclic) bond motifs is 1. The molecule has 2 amide bonds. The highest BCUT2D eigenvalue weighted by atomic mass is 16.2. The lowest BCUT2D eigenvalue weighted by atomic mass is 10.1. The summed E-state index contributed by atoms with van der Waals surface area (Å²) in [5.41, 5.74) is 0.382. The molecule has 1 aliphatic carbocycles. The number of hydrogen-bond donors (Lipinski definition) is 2. The van der Waals surface area contributed by atoms with Crippen molar-refractivity contribution in [3.8, 4) is 0 Å². The van der Waals surface area contributed by atoms with Crippen LogP contribution in [0.5, 0.6) is 0 Å². The number of aromatic amines is 1. The van der Waals surface area contributed by atoms with Gasteiger partial charge in [0.05, 0.1) is 6.54 Å². The first-order valence-electron chi connectivity index (χ1n) is 10.5. The fourth-order valence-corrected chi connectivity index (χ4v) is 4.52. The van der Waals surface area contributed by atoms with Gasteiger partial charge in [0, 0.05) is 49.3 Å². The molecule has 0 unspecified atom stereocenters. The van der Waals surface area contributed by atoms with Crippen LogP contribution in [0, 0.1) is 0 Å². The summed E-state index contributed by atoms with van der Waals surface area (Å²) in [6.07, 6.45) is 7.53. The van der Waals surface area contributed by atoms with Gasteiger partial charge in [-0.25, -0.2) is 0 Å². The quantitative estimate of drug-likeness (QED) is 0.824. The van der Waals surface area contributed by atoms with Crippen molar-refractivity contribution in [3.63, 3.8) is 0 Å². The van der Waals surface area contributed by atoms with Gasteiger partial charge in [-0.15, -0.1) is 0 Å². The van der Waals surface area contributed by atoms with Crippen LogP contribution in [0.25, 0.3) is 10.9 Å². The van der Waals surface area contributed by atoms with Crippen LogP contribution >= 0.6 is 0 Å². The molecule has 1 saturated carbocycles. The second kappa shape index (κ2) is 8.78. The van der Waals surface area contributed by atoms with Crippen molar-refractivity contribution < 1.29 is 9.59 Å². The van der Waals surface area contributed by atoms with Crippen molar-refractivity contribution in [3.05, 3.63) is 46.2 Å². The molecule has 2 heterocycles. The summed E-state index contributed by atoms with van der Waals surface area (Å²) < 4.78 is 0. The number of hydrogen-bond acceptors (Lipinski definition) is 4. The molecule has 4 rings (SSSR count).